The molecule has 1 N–H and O–H groups in total. The molecule has 1 amide bonds. The highest BCUT2D eigenvalue weighted by atomic mass is 32.2. The molecular weight excluding hydrogens is 400 g/mol. The summed E-state index contributed by atoms with van der Waals surface area (Å²) in [5, 5.41) is 2.78. The summed E-state index contributed by atoms with van der Waals surface area (Å²) in [5.74, 6) is 0.344. The molecule has 1 fully saturated rings. The quantitative estimate of drug-likeness (QED) is 0.742. The molecule has 6 nitrogen and oxygen atoms in total. The third kappa shape index (κ3) is 5.40. The van der Waals surface area contributed by atoms with Crippen molar-refractivity contribution in [3.05, 3.63) is 53.6 Å². The van der Waals surface area contributed by atoms with Gasteiger partial charge in [0.2, 0.25) is 10.0 Å². The van der Waals surface area contributed by atoms with E-state index in [0.717, 1.165) is 36.8 Å². The zero-order chi connectivity index (χ0) is 21.7. The summed E-state index contributed by atoms with van der Waals surface area (Å²) in [6, 6.07) is 12.0. The summed E-state index contributed by atoms with van der Waals surface area (Å²) >= 11 is 0. The average molecular weight is 431 g/mol. The van der Waals surface area contributed by atoms with Crippen molar-refractivity contribution in [3.63, 3.8) is 0 Å². The largest absolute Gasteiger partial charge is 0.481 e. The van der Waals surface area contributed by atoms with Gasteiger partial charge in [0.15, 0.2) is 6.10 Å². The molecule has 1 aliphatic rings. The van der Waals surface area contributed by atoms with Gasteiger partial charge in [-0.3, -0.25) is 4.79 Å². The van der Waals surface area contributed by atoms with Crippen molar-refractivity contribution in [2.75, 3.05) is 18.4 Å². The first kappa shape index (κ1) is 22.3. The lowest BCUT2D eigenvalue weighted by atomic mass is 10.1. The Labute approximate surface area is 179 Å². The van der Waals surface area contributed by atoms with E-state index in [1.54, 1.807) is 35.5 Å². The van der Waals surface area contributed by atoms with E-state index in [1.807, 2.05) is 32.0 Å². The molecule has 0 radical (unpaired) electrons. The smallest absolute Gasteiger partial charge is 0.265 e. The van der Waals surface area contributed by atoms with Gasteiger partial charge in [-0.1, -0.05) is 18.9 Å². The molecule has 1 heterocycles. The summed E-state index contributed by atoms with van der Waals surface area (Å²) in [6.45, 7) is 6.82. The van der Waals surface area contributed by atoms with E-state index in [9.17, 15) is 13.2 Å². The minimum atomic E-state index is -3.50. The van der Waals surface area contributed by atoms with Gasteiger partial charge in [-0.25, -0.2) is 8.42 Å². The van der Waals surface area contributed by atoms with E-state index >= 15 is 0 Å². The number of sulfonamides is 1. The summed E-state index contributed by atoms with van der Waals surface area (Å²) in [4.78, 5) is 12.7. The second-order valence-corrected chi connectivity index (χ2v) is 9.78. The molecule has 2 aromatic rings. The number of hydrogen-bond acceptors (Lipinski definition) is 4. The molecule has 0 saturated carbocycles. The topological polar surface area (TPSA) is 75.7 Å². The van der Waals surface area contributed by atoms with Gasteiger partial charge in [0.25, 0.3) is 5.91 Å². The van der Waals surface area contributed by atoms with Gasteiger partial charge in [-0.2, -0.15) is 4.31 Å². The number of rotatable bonds is 6. The molecule has 0 aliphatic carbocycles. The van der Waals surface area contributed by atoms with Crippen LogP contribution in [-0.4, -0.2) is 37.8 Å². The fourth-order valence-corrected chi connectivity index (χ4v) is 4.95. The van der Waals surface area contributed by atoms with Crippen LogP contribution in [0.4, 0.5) is 5.69 Å². The lowest BCUT2D eigenvalue weighted by Crippen LogP contribution is -2.32. The van der Waals surface area contributed by atoms with Crippen molar-refractivity contribution in [1.29, 1.82) is 0 Å². The Hall–Kier alpha value is -2.38. The first-order valence-corrected chi connectivity index (χ1v) is 11.9. The van der Waals surface area contributed by atoms with Crippen LogP contribution in [0.5, 0.6) is 5.75 Å². The molecule has 1 aliphatic heterocycles. The van der Waals surface area contributed by atoms with E-state index < -0.39 is 16.1 Å². The molecule has 2 aromatic carbocycles. The van der Waals surface area contributed by atoms with Gasteiger partial charge in [-0.05, 0) is 81.1 Å². The van der Waals surface area contributed by atoms with Crippen LogP contribution in [0.1, 0.15) is 43.7 Å². The summed E-state index contributed by atoms with van der Waals surface area (Å²) in [6.07, 6.45) is 3.24. The van der Waals surface area contributed by atoms with E-state index in [-0.39, 0.29) is 10.8 Å². The summed E-state index contributed by atoms with van der Waals surface area (Å²) in [5.41, 5.74) is 2.79. The number of amides is 1. The SMILES string of the molecule is Cc1ccc(O[C@H](C)C(=O)Nc2ccc(S(=O)(=O)N3CCCCCC3)cc2)cc1C. The molecule has 0 aromatic heterocycles. The Kier molecular flexibility index (Phi) is 7.15. The Morgan fingerprint density at radius 2 is 1.60 bits per heavy atom. The number of ether oxygens (including phenoxy) is 1. The maximum Gasteiger partial charge on any atom is 0.265 e. The van der Waals surface area contributed by atoms with Gasteiger partial charge in [0, 0.05) is 18.8 Å². The molecule has 0 bridgehead atoms. The lowest BCUT2D eigenvalue weighted by molar-refractivity contribution is -0.122. The fraction of sp³-hybridized carbons (Fsp3) is 0.435. The predicted molar refractivity (Wildman–Crippen MR) is 118 cm³/mol. The highest BCUT2D eigenvalue weighted by Crippen LogP contribution is 2.22. The Bertz CT molecular complexity index is 979. The van der Waals surface area contributed by atoms with Crippen molar-refractivity contribution in [3.8, 4) is 5.75 Å². The van der Waals surface area contributed by atoms with Crippen molar-refractivity contribution in [2.45, 2.75) is 57.5 Å². The van der Waals surface area contributed by atoms with Gasteiger partial charge < -0.3 is 10.1 Å². The van der Waals surface area contributed by atoms with Crippen molar-refractivity contribution in [2.24, 2.45) is 0 Å². The number of benzene rings is 2. The van der Waals surface area contributed by atoms with Gasteiger partial charge in [-0.15, -0.1) is 0 Å². The standard InChI is InChI=1S/C23H30N2O4S/c1-17-8-11-21(16-18(17)2)29-19(3)23(26)24-20-9-12-22(13-10-20)30(27,28)25-14-6-4-5-7-15-25/h8-13,16,19H,4-7,14-15H2,1-3H3,(H,24,26)/t19-/m1/s1. The minimum absolute atomic E-state index is 0.252. The molecule has 3 rings (SSSR count). The number of anilines is 1. The first-order valence-electron chi connectivity index (χ1n) is 10.4. The Balaban J connectivity index is 1.62. The minimum Gasteiger partial charge on any atom is -0.481 e. The molecule has 162 valence electrons. The first-order chi connectivity index (χ1) is 14.3. The van der Waals surface area contributed by atoms with Gasteiger partial charge >= 0.3 is 0 Å². The number of nitrogens with one attached hydrogen (secondary N) is 1. The molecule has 30 heavy (non-hydrogen) atoms. The molecule has 0 spiro atoms. The van der Waals surface area contributed by atoms with Crippen LogP contribution >= 0.6 is 0 Å². The van der Waals surface area contributed by atoms with E-state index in [0.29, 0.717) is 24.5 Å². The van der Waals surface area contributed by atoms with Gasteiger partial charge in [0.1, 0.15) is 5.75 Å². The van der Waals surface area contributed by atoms with E-state index in [1.165, 1.54) is 0 Å². The summed E-state index contributed by atoms with van der Waals surface area (Å²) in [7, 11) is -3.50. The average Bonchev–Trinajstić information content (AvgIpc) is 3.01. The molecule has 1 atom stereocenters. The monoisotopic (exact) mass is 430 g/mol. The van der Waals surface area contributed by atoms with E-state index in [4.69, 9.17) is 4.74 Å². The second-order valence-electron chi connectivity index (χ2n) is 7.84. The lowest BCUT2D eigenvalue weighted by Gasteiger charge is -2.20. The zero-order valence-electron chi connectivity index (χ0n) is 17.8. The maximum absolute atomic E-state index is 12.9. The Morgan fingerprint density at radius 3 is 2.20 bits per heavy atom. The molecular formula is C23H30N2O4S. The zero-order valence-corrected chi connectivity index (χ0v) is 18.7. The second kappa shape index (κ2) is 9.62. The van der Waals surface area contributed by atoms with Crippen LogP contribution in [0.15, 0.2) is 47.4 Å². The molecule has 7 heteroatoms. The summed E-state index contributed by atoms with van der Waals surface area (Å²) < 4.78 is 33.0. The third-order valence-electron chi connectivity index (χ3n) is 5.49. The number of nitrogens with zero attached hydrogens (tertiary/aromatic N) is 1. The van der Waals surface area contributed by atoms with Crippen LogP contribution in [-0.2, 0) is 14.8 Å². The van der Waals surface area contributed by atoms with Crippen molar-refractivity contribution < 1.29 is 17.9 Å². The molecule has 0 unspecified atom stereocenters. The van der Waals surface area contributed by atoms with Crippen LogP contribution in [0.3, 0.4) is 0 Å². The normalized spacial score (nSPS) is 16.5. The van der Waals surface area contributed by atoms with Gasteiger partial charge in [0.05, 0.1) is 4.90 Å². The predicted octanol–water partition coefficient (Wildman–Crippen LogP) is 4.27. The maximum atomic E-state index is 12.9. The number of carbonyl (C=O) groups is 1. The fourth-order valence-electron chi connectivity index (χ4n) is 3.43. The van der Waals surface area contributed by atoms with Crippen LogP contribution in [0.25, 0.3) is 0 Å². The van der Waals surface area contributed by atoms with Crippen molar-refractivity contribution >= 4 is 21.6 Å². The number of hydrogen-bond donors (Lipinski definition) is 1. The number of carbonyl (C=O) groups excluding carboxylic acids is 1. The van der Waals surface area contributed by atoms with Crippen LogP contribution in [0, 0.1) is 13.8 Å². The highest BCUT2D eigenvalue weighted by molar-refractivity contribution is 7.89. The van der Waals surface area contributed by atoms with Crippen molar-refractivity contribution in [1.82, 2.24) is 4.31 Å². The van der Waals surface area contributed by atoms with Crippen LogP contribution in [0.2, 0.25) is 0 Å². The van der Waals surface area contributed by atoms with E-state index in [2.05, 4.69) is 5.32 Å². The molecule has 1 saturated heterocycles. The third-order valence-corrected chi connectivity index (χ3v) is 7.40. The Morgan fingerprint density at radius 1 is 0.967 bits per heavy atom. The highest BCUT2D eigenvalue weighted by Gasteiger charge is 2.25. The van der Waals surface area contributed by atoms with Crippen LogP contribution < -0.4 is 10.1 Å². The number of aryl methyl sites for hydroxylation is 2.